The van der Waals surface area contributed by atoms with Gasteiger partial charge in [0.25, 0.3) is 0 Å². The highest BCUT2D eigenvalue weighted by Gasteiger charge is 2.33. The van der Waals surface area contributed by atoms with E-state index in [0.717, 1.165) is 0 Å². The lowest BCUT2D eigenvalue weighted by Crippen LogP contribution is -2.41. The van der Waals surface area contributed by atoms with Crippen molar-refractivity contribution >= 4 is 5.91 Å². The van der Waals surface area contributed by atoms with Gasteiger partial charge in [-0.25, -0.2) is 0 Å². The predicted octanol–water partition coefficient (Wildman–Crippen LogP) is -0.191. The summed E-state index contributed by atoms with van der Waals surface area (Å²) in [6.45, 7) is 6.73. The molecule has 4 nitrogen and oxygen atoms in total. The first kappa shape index (κ1) is 11.5. The maximum atomic E-state index is 11.8. The summed E-state index contributed by atoms with van der Waals surface area (Å²) in [7, 11) is 0. The van der Waals surface area contributed by atoms with E-state index in [2.05, 4.69) is 0 Å². The molecule has 4 heteroatoms. The standard InChI is InChI=1S/C10H20N2O2/c1-6-4-12(5-9(6)13)10(14)7(2)8(3)11/h6-9,13H,4-5,11H2,1-3H3. The number of hydrogen-bond acceptors (Lipinski definition) is 3. The van der Waals surface area contributed by atoms with E-state index in [9.17, 15) is 9.90 Å². The largest absolute Gasteiger partial charge is 0.391 e. The Morgan fingerprint density at radius 1 is 1.50 bits per heavy atom. The van der Waals surface area contributed by atoms with Crippen LogP contribution in [-0.2, 0) is 4.79 Å². The van der Waals surface area contributed by atoms with Gasteiger partial charge in [-0.1, -0.05) is 13.8 Å². The summed E-state index contributed by atoms with van der Waals surface area (Å²) in [6.07, 6.45) is -0.376. The second kappa shape index (κ2) is 4.28. The summed E-state index contributed by atoms with van der Waals surface area (Å²) < 4.78 is 0. The first-order valence-corrected chi connectivity index (χ1v) is 5.16. The molecule has 1 aliphatic heterocycles. The fourth-order valence-corrected chi connectivity index (χ4v) is 1.64. The Morgan fingerprint density at radius 3 is 2.43 bits per heavy atom. The molecule has 3 N–H and O–H groups in total. The van der Waals surface area contributed by atoms with Crippen LogP contribution in [0.5, 0.6) is 0 Å². The molecule has 82 valence electrons. The van der Waals surface area contributed by atoms with Gasteiger partial charge in [0.1, 0.15) is 0 Å². The summed E-state index contributed by atoms with van der Waals surface area (Å²) in [5, 5.41) is 9.51. The predicted molar refractivity (Wildman–Crippen MR) is 54.6 cm³/mol. The quantitative estimate of drug-likeness (QED) is 0.649. The molecule has 1 heterocycles. The van der Waals surface area contributed by atoms with Crippen molar-refractivity contribution in [1.82, 2.24) is 4.90 Å². The zero-order valence-electron chi connectivity index (χ0n) is 9.10. The molecule has 0 spiro atoms. The molecule has 4 unspecified atom stereocenters. The molecule has 4 atom stereocenters. The van der Waals surface area contributed by atoms with E-state index < -0.39 is 0 Å². The number of amides is 1. The lowest BCUT2D eigenvalue weighted by atomic mass is 10.0. The van der Waals surface area contributed by atoms with E-state index >= 15 is 0 Å². The Balaban J connectivity index is 2.55. The maximum absolute atomic E-state index is 11.8. The van der Waals surface area contributed by atoms with Crippen molar-refractivity contribution in [3.8, 4) is 0 Å². The summed E-state index contributed by atoms with van der Waals surface area (Å²) in [5.41, 5.74) is 5.66. The van der Waals surface area contributed by atoms with Gasteiger partial charge < -0.3 is 15.7 Å². The number of carbonyl (C=O) groups excluding carboxylic acids is 1. The lowest BCUT2D eigenvalue weighted by Gasteiger charge is -2.22. The van der Waals surface area contributed by atoms with Gasteiger partial charge in [0.15, 0.2) is 0 Å². The van der Waals surface area contributed by atoms with Gasteiger partial charge >= 0.3 is 0 Å². The highest BCUT2D eigenvalue weighted by atomic mass is 16.3. The van der Waals surface area contributed by atoms with Gasteiger partial charge in [-0.3, -0.25) is 4.79 Å². The second-order valence-corrected chi connectivity index (χ2v) is 4.44. The van der Waals surface area contributed by atoms with Crippen molar-refractivity contribution in [2.75, 3.05) is 13.1 Å². The maximum Gasteiger partial charge on any atom is 0.227 e. The number of hydrogen-bond donors (Lipinski definition) is 2. The highest BCUT2D eigenvalue weighted by Crippen LogP contribution is 2.18. The number of carbonyl (C=O) groups is 1. The van der Waals surface area contributed by atoms with Gasteiger partial charge in [-0.05, 0) is 6.92 Å². The fraction of sp³-hybridized carbons (Fsp3) is 0.900. The number of β-amino-alcohol motifs (C(OH)–C–C–N with tert-alkyl or cyclic N) is 1. The molecular weight excluding hydrogens is 180 g/mol. The molecule has 0 saturated carbocycles. The normalized spacial score (nSPS) is 31.6. The third-order valence-corrected chi connectivity index (χ3v) is 3.06. The number of likely N-dealkylation sites (tertiary alicyclic amines) is 1. The van der Waals surface area contributed by atoms with Crippen molar-refractivity contribution in [2.45, 2.75) is 32.9 Å². The van der Waals surface area contributed by atoms with Crippen molar-refractivity contribution in [2.24, 2.45) is 17.6 Å². The average Bonchev–Trinajstić information content (AvgIpc) is 2.44. The van der Waals surface area contributed by atoms with Crippen LogP contribution in [0.15, 0.2) is 0 Å². The number of nitrogens with zero attached hydrogens (tertiary/aromatic N) is 1. The van der Waals surface area contributed by atoms with Crippen LogP contribution in [0.2, 0.25) is 0 Å². The Morgan fingerprint density at radius 2 is 2.07 bits per heavy atom. The summed E-state index contributed by atoms with van der Waals surface area (Å²) in [5.74, 6) is 0.0788. The van der Waals surface area contributed by atoms with Gasteiger partial charge in [0.05, 0.1) is 12.0 Å². The summed E-state index contributed by atoms with van der Waals surface area (Å²) >= 11 is 0. The number of nitrogens with two attached hydrogens (primary N) is 1. The highest BCUT2D eigenvalue weighted by molar-refractivity contribution is 5.79. The average molecular weight is 200 g/mol. The molecule has 0 aromatic rings. The number of rotatable bonds is 2. The molecular formula is C10H20N2O2. The van der Waals surface area contributed by atoms with E-state index in [-0.39, 0.29) is 29.9 Å². The van der Waals surface area contributed by atoms with E-state index in [1.807, 2.05) is 20.8 Å². The van der Waals surface area contributed by atoms with E-state index in [4.69, 9.17) is 5.73 Å². The van der Waals surface area contributed by atoms with E-state index in [1.54, 1.807) is 4.90 Å². The third kappa shape index (κ3) is 2.25. The van der Waals surface area contributed by atoms with Crippen molar-refractivity contribution in [3.05, 3.63) is 0 Å². The van der Waals surface area contributed by atoms with Gasteiger partial charge in [-0.15, -0.1) is 0 Å². The van der Waals surface area contributed by atoms with Gasteiger partial charge in [-0.2, -0.15) is 0 Å². The first-order chi connectivity index (χ1) is 6.43. The van der Waals surface area contributed by atoms with Crippen LogP contribution < -0.4 is 5.73 Å². The molecule has 0 bridgehead atoms. The van der Waals surface area contributed by atoms with Crippen LogP contribution in [0.25, 0.3) is 0 Å². The minimum absolute atomic E-state index is 0.0587. The summed E-state index contributed by atoms with van der Waals surface area (Å²) in [6, 6.07) is -0.129. The molecule has 1 aliphatic rings. The van der Waals surface area contributed by atoms with Crippen molar-refractivity contribution < 1.29 is 9.90 Å². The van der Waals surface area contributed by atoms with Gasteiger partial charge in [0.2, 0.25) is 5.91 Å². The molecule has 0 aromatic heterocycles. The Labute approximate surface area is 85.1 Å². The van der Waals surface area contributed by atoms with E-state index in [1.165, 1.54) is 0 Å². The lowest BCUT2D eigenvalue weighted by molar-refractivity contribution is -0.134. The van der Waals surface area contributed by atoms with Crippen LogP contribution in [-0.4, -0.2) is 41.1 Å². The zero-order chi connectivity index (χ0) is 10.9. The third-order valence-electron chi connectivity index (χ3n) is 3.06. The fourth-order valence-electron chi connectivity index (χ4n) is 1.64. The van der Waals surface area contributed by atoms with Crippen molar-refractivity contribution in [1.29, 1.82) is 0 Å². The molecule has 0 aromatic carbocycles. The SMILES string of the molecule is CC(N)C(C)C(=O)N1CC(C)C(O)C1. The minimum Gasteiger partial charge on any atom is -0.391 e. The summed E-state index contributed by atoms with van der Waals surface area (Å²) in [4.78, 5) is 13.5. The van der Waals surface area contributed by atoms with Crippen LogP contribution in [0.3, 0.4) is 0 Å². The molecule has 1 amide bonds. The zero-order valence-corrected chi connectivity index (χ0v) is 9.10. The Kier molecular flexibility index (Phi) is 3.50. The van der Waals surface area contributed by atoms with Crippen LogP contribution in [0.4, 0.5) is 0 Å². The molecule has 1 saturated heterocycles. The Bertz CT molecular complexity index is 208. The smallest absolute Gasteiger partial charge is 0.227 e. The van der Waals surface area contributed by atoms with Gasteiger partial charge in [0, 0.05) is 25.0 Å². The molecule has 1 rings (SSSR count). The van der Waals surface area contributed by atoms with Crippen molar-refractivity contribution in [3.63, 3.8) is 0 Å². The second-order valence-electron chi connectivity index (χ2n) is 4.44. The van der Waals surface area contributed by atoms with Crippen LogP contribution in [0, 0.1) is 11.8 Å². The molecule has 0 aliphatic carbocycles. The topological polar surface area (TPSA) is 66.6 Å². The number of aliphatic hydroxyl groups is 1. The van der Waals surface area contributed by atoms with E-state index in [0.29, 0.717) is 13.1 Å². The van der Waals surface area contributed by atoms with Crippen LogP contribution >= 0.6 is 0 Å². The minimum atomic E-state index is -0.376. The van der Waals surface area contributed by atoms with Crippen LogP contribution in [0.1, 0.15) is 20.8 Å². The first-order valence-electron chi connectivity index (χ1n) is 5.16. The molecule has 1 fully saturated rings. The molecule has 0 radical (unpaired) electrons. The number of aliphatic hydroxyl groups excluding tert-OH is 1. The Hall–Kier alpha value is -0.610. The monoisotopic (exact) mass is 200 g/mol. The molecule has 14 heavy (non-hydrogen) atoms.